The maximum Gasteiger partial charge on any atom is 0.361 e. The molecule has 4 rings (SSSR count). The minimum atomic E-state index is -1.28. The van der Waals surface area contributed by atoms with Crippen molar-refractivity contribution in [3.8, 4) is 22.5 Å². The second-order valence-corrected chi connectivity index (χ2v) is 10.3. The summed E-state index contributed by atoms with van der Waals surface area (Å²) in [6.07, 6.45) is 0.159. The van der Waals surface area contributed by atoms with Crippen molar-refractivity contribution in [3.63, 3.8) is 0 Å². The number of hydrogen-bond donors (Lipinski definition) is 1. The maximum atomic E-state index is 13.3. The molecule has 0 aliphatic rings. The van der Waals surface area contributed by atoms with Crippen LogP contribution in [0.15, 0.2) is 48.5 Å². The van der Waals surface area contributed by atoms with Crippen molar-refractivity contribution in [2.45, 2.75) is 59.0 Å². The molecule has 16 heteroatoms. The van der Waals surface area contributed by atoms with Gasteiger partial charge in [0, 0.05) is 25.5 Å². The van der Waals surface area contributed by atoms with Gasteiger partial charge < -0.3 is 23.6 Å². The van der Waals surface area contributed by atoms with Gasteiger partial charge in [-0.15, -0.1) is 20.3 Å². The molecule has 0 aliphatic heterocycles. The molecular weight excluding hydrogens is 610 g/mol. The molecule has 2 atom stereocenters. The van der Waals surface area contributed by atoms with Gasteiger partial charge in [0.15, 0.2) is 10.8 Å². The number of carbonyl (C=O) groups is 2. The Morgan fingerprint density at radius 1 is 1.09 bits per heavy atom. The van der Waals surface area contributed by atoms with E-state index in [1.807, 2.05) is 55.5 Å². The van der Waals surface area contributed by atoms with Gasteiger partial charge in [0.1, 0.15) is 18.5 Å². The molecule has 0 radical (unpaired) electrons. The summed E-state index contributed by atoms with van der Waals surface area (Å²) in [7, 11) is 0. The van der Waals surface area contributed by atoms with E-state index in [-0.39, 0.29) is 24.0 Å². The molecule has 0 saturated heterocycles. The van der Waals surface area contributed by atoms with E-state index in [0.29, 0.717) is 18.1 Å². The predicted octanol–water partition coefficient (Wildman–Crippen LogP) is 4.43. The number of tetrazole rings is 1. The Bertz CT molecular complexity index is 1590. The van der Waals surface area contributed by atoms with Gasteiger partial charge >= 0.3 is 11.9 Å². The Labute approximate surface area is 262 Å². The highest BCUT2D eigenvalue weighted by molar-refractivity contribution is 6.32. The third-order valence-corrected chi connectivity index (χ3v) is 6.74. The fraction of sp³-hybridized carbons (Fsp3) is 0.379. The van der Waals surface area contributed by atoms with Crippen LogP contribution in [0.4, 0.5) is 0 Å². The first-order valence-electron chi connectivity index (χ1n) is 14.1. The van der Waals surface area contributed by atoms with Gasteiger partial charge in [-0.1, -0.05) is 73.5 Å². The number of carbonyl (C=O) groups excluding carboxylic acids is 2. The predicted molar refractivity (Wildman–Crippen MR) is 159 cm³/mol. The Kier molecular flexibility index (Phi) is 11.5. The summed E-state index contributed by atoms with van der Waals surface area (Å²) in [6, 6.07) is 15.5. The van der Waals surface area contributed by atoms with Crippen molar-refractivity contribution >= 4 is 23.5 Å². The highest BCUT2D eigenvalue weighted by atomic mass is 35.5. The number of benzene rings is 2. The lowest BCUT2D eigenvalue weighted by atomic mass is 9.98. The molecule has 0 fully saturated rings. The van der Waals surface area contributed by atoms with Crippen LogP contribution in [0.5, 0.6) is 0 Å². The molecule has 1 unspecified atom stereocenters. The first-order chi connectivity index (χ1) is 21.7. The zero-order valence-corrected chi connectivity index (χ0v) is 25.6. The fourth-order valence-electron chi connectivity index (χ4n) is 4.47. The second-order valence-electron chi connectivity index (χ2n) is 9.95. The minimum absolute atomic E-state index is 0.0270. The largest absolute Gasteiger partial charge is 0.424 e. The first-order valence-corrected chi connectivity index (χ1v) is 14.5. The molecule has 238 valence electrons. The molecule has 0 bridgehead atoms. The number of imidazole rings is 1. The summed E-state index contributed by atoms with van der Waals surface area (Å²) >= 11 is 6.45. The van der Waals surface area contributed by atoms with Crippen LogP contribution in [0.25, 0.3) is 22.5 Å². The van der Waals surface area contributed by atoms with E-state index in [0.717, 1.165) is 35.1 Å². The van der Waals surface area contributed by atoms with Gasteiger partial charge in [-0.05, 0) is 35.2 Å². The number of esters is 2. The van der Waals surface area contributed by atoms with Gasteiger partial charge in [-0.2, -0.15) is 5.21 Å². The van der Waals surface area contributed by atoms with E-state index in [1.54, 1.807) is 4.57 Å². The lowest BCUT2D eigenvalue weighted by Gasteiger charge is -2.16. The molecule has 2 aromatic heterocycles. The zero-order valence-electron chi connectivity index (χ0n) is 24.8. The Hall–Kier alpha value is -4.89. The highest BCUT2D eigenvalue weighted by Gasteiger charge is 2.26. The third-order valence-electron chi connectivity index (χ3n) is 6.48. The molecule has 0 spiro atoms. The molecule has 4 aromatic rings. The third kappa shape index (κ3) is 9.06. The lowest BCUT2D eigenvalue weighted by Crippen LogP contribution is -2.27. The van der Waals surface area contributed by atoms with E-state index in [9.17, 15) is 19.7 Å². The maximum absolute atomic E-state index is 13.3. The summed E-state index contributed by atoms with van der Waals surface area (Å²) in [5.41, 5.74) is 3.60. The van der Waals surface area contributed by atoms with Crippen molar-refractivity contribution in [2.75, 3.05) is 13.2 Å². The average Bonchev–Trinajstić information content (AvgIpc) is 3.64. The monoisotopic (exact) mass is 641 g/mol. The summed E-state index contributed by atoms with van der Waals surface area (Å²) < 4.78 is 17.2. The van der Waals surface area contributed by atoms with Crippen LogP contribution in [-0.2, 0) is 36.8 Å². The van der Waals surface area contributed by atoms with Gasteiger partial charge in [0.2, 0.25) is 12.1 Å². The molecule has 1 N–H and O–H groups in total. The van der Waals surface area contributed by atoms with Crippen LogP contribution >= 0.6 is 11.6 Å². The average molecular weight is 642 g/mol. The molecule has 2 aromatic carbocycles. The highest BCUT2D eigenvalue weighted by Crippen LogP contribution is 2.30. The molecule has 0 saturated carbocycles. The Balaban J connectivity index is 1.46. The molecular formula is C29H32ClN7O8. The van der Waals surface area contributed by atoms with Crippen LogP contribution in [0.1, 0.15) is 55.5 Å². The van der Waals surface area contributed by atoms with E-state index in [1.165, 1.54) is 13.8 Å². The number of rotatable bonds is 16. The van der Waals surface area contributed by atoms with Crippen molar-refractivity contribution in [3.05, 3.63) is 80.9 Å². The number of hydrogen-bond acceptors (Lipinski definition) is 12. The topological polar surface area (TPSA) is 186 Å². The van der Waals surface area contributed by atoms with Crippen molar-refractivity contribution in [1.82, 2.24) is 30.2 Å². The number of aryl methyl sites for hydroxylation is 1. The Morgan fingerprint density at radius 3 is 2.49 bits per heavy atom. The number of aromatic nitrogens is 6. The van der Waals surface area contributed by atoms with E-state index < -0.39 is 36.0 Å². The number of ether oxygens (including phenoxy) is 3. The van der Waals surface area contributed by atoms with Crippen LogP contribution in [-0.4, -0.2) is 72.8 Å². The summed E-state index contributed by atoms with van der Waals surface area (Å²) in [5, 5.41) is 23.7. The first kappa shape index (κ1) is 33.0. The second kappa shape index (κ2) is 15.7. The van der Waals surface area contributed by atoms with Crippen LogP contribution < -0.4 is 0 Å². The number of halogens is 1. The van der Waals surface area contributed by atoms with Gasteiger partial charge in [-0.3, -0.25) is 0 Å². The number of nitrogens with one attached hydrogen (secondary N) is 1. The van der Waals surface area contributed by atoms with Crippen molar-refractivity contribution in [2.24, 2.45) is 0 Å². The fourth-order valence-corrected chi connectivity index (χ4v) is 4.75. The summed E-state index contributed by atoms with van der Waals surface area (Å²) in [5.74, 6) is -0.566. The van der Waals surface area contributed by atoms with Crippen LogP contribution in [0, 0.1) is 10.1 Å². The molecule has 2 heterocycles. The summed E-state index contributed by atoms with van der Waals surface area (Å²) in [4.78, 5) is 44.5. The summed E-state index contributed by atoms with van der Waals surface area (Å²) in [6.45, 7) is 4.36. The van der Waals surface area contributed by atoms with E-state index >= 15 is 0 Å². The van der Waals surface area contributed by atoms with Crippen molar-refractivity contribution in [1.29, 1.82) is 0 Å². The van der Waals surface area contributed by atoms with Gasteiger partial charge in [0.25, 0.3) is 5.09 Å². The Morgan fingerprint density at radius 2 is 1.82 bits per heavy atom. The zero-order chi connectivity index (χ0) is 32.3. The normalized spacial score (nSPS) is 12.4. The molecule has 0 aliphatic carbocycles. The van der Waals surface area contributed by atoms with E-state index in [2.05, 4.69) is 30.4 Å². The van der Waals surface area contributed by atoms with Crippen LogP contribution in [0.3, 0.4) is 0 Å². The number of unbranched alkanes of at least 4 members (excludes halogenated alkanes) is 1. The van der Waals surface area contributed by atoms with Crippen molar-refractivity contribution < 1.29 is 33.7 Å². The molecule has 0 amide bonds. The molecule has 45 heavy (non-hydrogen) atoms. The quantitative estimate of drug-likeness (QED) is 0.0786. The lowest BCUT2D eigenvalue weighted by molar-refractivity contribution is -0.768. The van der Waals surface area contributed by atoms with Crippen LogP contribution in [0.2, 0.25) is 5.15 Å². The number of aromatic amines is 1. The van der Waals surface area contributed by atoms with E-state index in [4.69, 9.17) is 25.8 Å². The van der Waals surface area contributed by atoms with Gasteiger partial charge in [0.05, 0.1) is 6.61 Å². The SMILES string of the molecule is CCCCc1nc(Cl)c(C(=O)OC(C)OC(=O)COC[C@@H](C)O[N+](=O)[O-])n1Cc1ccc(-c2ccccc2-c2nn[nH]n2)cc1. The standard InChI is InChI=1S/C29H32ClN7O8/c1-4-5-10-24-31-27(30)26(29(39)44-19(3)43-25(38)17-42-16-18(2)45-37(40)41)36(24)15-20-11-13-21(14-12-20)22-8-6-7-9-23(22)28-32-34-35-33-28/h6-9,11-14,18-19H,4-5,10,15-17H2,1-3H3,(H,32,33,34,35)/t18-,19?/m1/s1. The smallest absolute Gasteiger partial charge is 0.361 e. The minimum Gasteiger partial charge on any atom is -0.424 e. The number of H-pyrrole nitrogens is 1. The van der Waals surface area contributed by atoms with Gasteiger partial charge in [-0.25, -0.2) is 14.6 Å². The molecule has 15 nitrogen and oxygen atoms in total. The number of nitrogens with zero attached hydrogens (tertiary/aromatic N) is 6.